The van der Waals surface area contributed by atoms with Gasteiger partial charge in [-0.05, 0) is 43.5 Å². The number of hydrogen-bond donors (Lipinski definition) is 1. The van der Waals surface area contributed by atoms with Gasteiger partial charge in [0.15, 0.2) is 0 Å². The van der Waals surface area contributed by atoms with E-state index in [2.05, 4.69) is 0 Å². The van der Waals surface area contributed by atoms with Crippen LogP contribution < -0.4 is 5.73 Å². The lowest BCUT2D eigenvalue weighted by Gasteiger charge is -2.19. The summed E-state index contributed by atoms with van der Waals surface area (Å²) >= 11 is 0. The molecule has 0 bridgehead atoms. The van der Waals surface area contributed by atoms with Crippen molar-refractivity contribution in [2.45, 2.75) is 32.7 Å². The number of aryl methyl sites for hydroxylation is 1. The third-order valence-electron chi connectivity index (χ3n) is 2.11. The van der Waals surface area contributed by atoms with Crippen molar-refractivity contribution in [1.29, 1.82) is 0 Å². The van der Waals surface area contributed by atoms with Gasteiger partial charge >= 0.3 is 0 Å². The Balaban J connectivity index is 3.16. The van der Waals surface area contributed by atoms with Crippen molar-refractivity contribution in [1.82, 2.24) is 0 Å². The van der Waals surface area contributed by atoms with E-state index >= 15 is 0 Å². The fourth-order valence-corrected chi connectivity index (χ4v) is 1.23. The highest BCUT2D eigenvalue weighted by atomic mass is 19.1. The zero-order valence-corrected chi connectivity index (χ0v) is 8.39. The summed E-state index contributed by atoms with van der Waals surface area (Å²) < 4.78 is 13.1. The summed E-state index contributed by atoms with van der Waals surface area (Å²) in [4.78, 5) is 0. The van der Waals surface area contributed by atoms with Crippen LogP contribution in [0.4, 0.5) is 4.39 Å². The maximum absolute atomic E-state index is 13.1. The third-order valence-corrected chi connectivity index (χ3v) is 2.11. The molecule has 0 aromatic heterocycles. The number of rotatable bonds is 2. The van der Waals surface area contributed by atoms with Crippen LogP contribution in [0.2, 0.25) is 0 Å². The van der Waals surface area contributed by atoms with E-state index in [1.165, 1.54) is 6.07 Å². The second-order valence-electron chi connectivity index (χ2n) is 3.92. The van der Waals surface area contributed by atoms with Gasteiger partial charge in [-0.15, -0.1) is 0 Å². The van der Waals surface area contributed by atoms with Crippen molar-refractivity contribution in [2.24, 2.45) is 5.73 Å². The molecule has 1 aromatic carbocycles. The molecule has 0 saturated carbocycles. The van der Waals surface area contributed by atoms with Crippen LogP contribution in [0.3, 0.4) is 0 Å². The molecule has 72 valence electrons. The van der Waals surface area contributed by atoms with Crippen LogP contribution in [-0.2, 0) is 12.0 Å². The summed E-state index contributed by atoms with van der Waals surface area (Å²) in [5.41, 5.74) is 7.26. The molecule has 0 amide bonds. The topological polar surface area (TPSA) is 26.0 Å². The molecule has 0 aliphatic rings. The summed E-state index contributed by atoms with van der Waals surface area (Å²) in [6, 6.07) is 5.01. The van der Waals surface area contributed by atoms with Crippen LogP contribution in [0.1, 0.15) is 31.9 Å². The maximum Gasteiger partial charge on any atom is 0.123 e. The lowest BCUT2D eigenvalue weighted by atomic mass is 9.93. The molecule has 0 fully saturated rings. The quantitative estimate of drug-likeness (QED) is 0.745. The molecule has 2 N–H and O–H groups in total. The molecule has 0 aliphatic carbocycles. The van der Waals surface area contributed by atoms with Crippen molar-refractivity contribution >= 4 is 0 Å². The minimum atomic E-state index is -0.466. The monoisotopic (exact) mass is 181 g/mol. The van der Waals surface area contributed by atoms with E-state index in [0.717, 1.165) is 17.5 Å². The third kappa shape index (κ3) is 2.52. The van der Waals surface area contributed by atoms with Gasteiger partial charge in [0.05, 0.1) is 0 Å². The van der Waals surface area contributed by atoms with Gasteiger partial charge in [-0.1, -0.05) is 13.0 Å². The Kier molecular flexibility index (Phi) is 2.71. The maximum atomic E-state index is 13.1. The minimum absolute atomic E-state index is 0.201. The Morgan fingerprint density at radius 1 is 1.31 bits per heavy atom. The first-order valence-electron chi connectivity index (χ1n) is 4.52. The van der Waals surface area contributed by atoms with Crippen LogP contribution >= 0.6 is 0 Å². The molecule has 0 atom stereocenters. The van der Waals surface area contributed by atoms with Gasteiger partial charge in [-0.3, -0.25) is 0 Å². The fourth-order valence-electron chi connectivity index (χ4n) is 1.23. The summed E-state index contributed by atoms with van der Waals surface area (Å²) in [6.07, 6.45) is 0.834. The molecule has 0 heterocycles. The Bertz CT molecular complexity index is 299. The second-order valence-corrected chi connectivity index (χ2v) is 3.92. The number of benzene rings is 1. The van der Waals surface area contributed by atoms with Crippen LogP contribution in [0.5, 0.6) is 0 Å². The number of hydrogen-bond acceptors (Lipinski definition) is 1. The Morgan fingerprint density at radius 2 is 1.92 bits per heavy atom. The van der Waals surface area contributed by atoms with Crippen molar-refractivity contribution < 1.29 is 4.39 Å². The van der Waals surface area contributed by atoms with Crippen molar-refractivity contribution in [3.8, 4) is 0 Å². The Labute approximate surface area is 78.8 Å². The second kappa shape index (κ2) is 3.46. The van der Waals surface area contributed by atoms with E-state index in [9.17, 15) is 4.39 Å². The van der Waals surface area contributed by atoms with E-state index in [1.807, 2.05) is 26.8 Å². The zero-order chi connectivity index (χ0) is 10.1. The molecule has 13 heavy (non-hydrogen) atoms. The minimum Gasteiger partial charge on any atom is -0.322 e. The van der Waals surface area contributed by atoms with Crippen LogP contribution in [-0.4, -0.2) is 0 Å². The van der Waals surface area contributed by atoms with Gasteiger partial charge in [0.2, 0.25) is 0 Å². The van der Waals surface area contributed by atoms with E-state index in [4.69, 9.17) is 5.73 Å². The largest absolute Gasteiger partial charge is 0.322 e. The van der Waals surface area contributed by atoms with E-state index in [1.54, 1.807) is 6.07 Å². The average molecular weight is 181 g/mol. The summed E-state index contributed by atoms with van der Waals surface area (Å²) in [5.74, 6) is -0.201. The first kappa shape index (κ1) is 10.2. The fraction of sp³-hybridized carbons (Fsp3) is 0.455. The van der Waals surface area contributed by atoms with E-state index in [-0.39, 0.29) is 5.82 Å². The molecule has 1 nitrogen and oxygen atoms in total. The van der Waals surface area contributed by atoms with Gasteiger partial charge < -0.3 is 5.73 Å². The Hall–Kier alpha value is -0.890. The summed E-state index contributed by atoms with van der Waals surface area (Å²) in [5, 5.41) is 0. The van der Waals surface area contributed by atoms with Gasteiger partial charge in [-0.25, -0.2) is 4.39 Å². The predicted octanol–water partition coefficient (Wildman–Crippen LogP) is 2.58. The summed E-state index contributed by atoms with van der Waals surface area (Å²) in [7, 11) is 0. The zero-order valence-electron chi connectivity index (χ0n) is 8.39. The average Bonchev–Trinajstić information content (AvgIpc) is 2.01. The lowest BCUT2D eigenvalue weighted by molar-refractivity contribution is 0.542. The molecule has 1 aromatic rings. The highest BCUT2D eigenvalue weighted by molar-refractivity contribution is 5.29. The highest BCUT2D eigenvalue weighted by Gasteiger charge is 2.15. The normalized spacial score (nSPS) is 11.8. The van der Waals surface area contributed by atoms with Crippen LogP contribution in [0.15, 0.2) is 18.2 Å². The van der Waals surface area contributed by atoms with Gasteiger partial charge in [0.1, 0.15) is 5.82 Å². The molecule has 0 radical (unpaired) electrons. The Morgan fingerprint density at radius 3 is 2.38 bits per heavy atom. The van der Waals surface area contributed by atoms with Gasteiger partial charge in [-0.2, -0.15) is 0 Å². The number of halogens is 1. The van der Waals surface area contributed by atoms with Crippen LogP contribution in [0, 0.1) is 5.82 Å². The SMILES string of the molecule is CCc1cc(F)cc(C(C)(C)N)c1. The van der Waals surface area contributed by atoms with Crippen molar-refractivity contribution in [2.75, 3.05) is 0 Å². The van der Waals surface area contributed by atoms with E-state index in [0.29, 0.717) is 0 Å². The molecule has 0 aliphatic heterocycles. The molecule has 0 spiro atoms. The molecular formula is C11H16FN. The molecular weight excluding hydrogens is 165 g/mol. The van der Waals surface area contributed by atoms with E-state index < -0.39 is 5.54 Å². The first-order chi connectivity index (χ1) is 5.93. The van der Waals surface area contributed by atoms with Crippen LogP contribution in [0.25, 0.3) is 0 Å². The van der Waals surface area contributed by atoms with Gasteiger partial charge in [0, 0.05) is 5.54 Å². The molecule has 0 unspecified atom stereocenters. The smallest absolute Gasteiger partial charge is 0.123 e. The van der Waals surface area contributed by atoms with Gasteiger partial charge in [0.25, 0.3) is 0 Å². The number of nitrogens with two attached hydrogens (primary N) is 1. The van der Waals surface area contributed by atoms with Crippen molar-refractivity contribution in [3.63, 3.8) is 0 Å². The predicted molar refractivity (Wildman–Crippen MR) is 53.0 cm³/mol. The molecule has 1 rings (SSSR count). The molecule has 2 heteroatoms. The summed E-state index contributed by atoms with van der Waals surface area (Å²) in [6.45, 7) is 5.75. The highest BCUT2D eigenvalue weighted by Crippen LogP contribution is 2.19. The van der Waals surface area contributed by atoms with Crippen molar-refractivity contribution in [3.05, 3.63) is 35.1 Å². The first-order valence-corrected chi connectivity index (χ1v) is 4.52. The molecule has 0 saturated heterocycles. The standard InChI is InChI=1S/C11H16FN/c1-4-8-5-9(11(2,3)13)7-10(12)6-8/h5-7H,4,13H2,1-3H3. The lowest BCUT2D eigenvalue weighted by Crippen LogP contribution is -2.28.